The van der Waals surface area contributed by atoms with Crippen molar-refractivity contribution in [1.29, 1.82) is 0 Å². The molecule has 0 radical (unpaired) electrons. The molecule has 0 unspecified atom stereocenters. The van der Waals surface area contributed by atoms with Crippen molar-refractivity contribution in [3.63, 3.8) is 0 Å². The molecule has 9 nitrogen and oxygen atoms in total. The van der Waals surface area contributed by atoms with Crippen LogP contribution in [-0.2, 0) is 9.59 Å². The monoisotopic (exact) mass is 531 g/mol. The van der Waals surface area contributed by atoms with Crippen molar-refractivity contribution in [3.05, 3.63) is 85.8 Å². The van der Waals surface area contributed by atoms with Crippen molar-refractivity contribution in [2.24, 2.45) is 0 Å². The molecule has 13 heteroatoms. The smallest absolute Gasteiger partial charge is 0.294 e. The first-order chi connectivity index (χ1) is 17.5. The number of carbonyl (C=O) groups excluding carboxylic acids is 3. The van der Waals surface area contributed by atoms with Crippen molar-refractivity contribution >= 4 is 46.3 Å². The van der Waals surface area contributed by atoms with Crippen LogP contribution in [0.3, 0.4) is 0 Å². The van der Waals surface area contributed by atoms with Gasteiger partial charge in [0.2, 0.25) is 5.91 Å². The number of nitro benzene ring substituents is 1. The van der Waals surface area contributed by atoms with E-state index in [-0.39, 0.29) is 16.4 Å². The number of carbonyl (C=O) groups is 3. The lowest BCUT2D eigenvalue weighted by Gasteiger charge is -2.13. The van der Waals surface area contributed by atoms with E-state index in [0.29, 0.717) is 45.2 Å². The van der Waals surface area contributed by atoms with E-state index in [1.807, 2.05) is 5.32 Å². The summed E-state index contributed by atoms with van der Waals surface area (Å²) in [5, 5.41) is 12.5. The molecule has 2 heterocycles. The molecular formula is C24H16F3N3O6S. The van der Waals surface area contributed by atoms with Crippen molar-refractivity contribution in [1.82, 2.24) is 4.90 Å². The summed E-state index contributed by atoms with van der Waals surface area (Å²) in [4.78, 5) is 48.6. The van der Waals surface area contributed by atoms with Gasteiger partial charge < -0.3 is 9.73 Å². The van der Waals surface area contributed by atoms with Gasteiger partial charge in [-0.2, -0.15) is 0 Å². The van der Waals surface area contributed by atoms with E-state index in [1.165, 1.54) is 18.2 Å². The van der Waals surface area contributed by atoms with E-state index in [0.717, 1.165) is 6.07 Å². The Morgan fingerprint density at radius 3 is 2.57 bits per heavy atom. The number of anilines is 1. The average Bonchev–Trinajstić information content (AvgIpc) is 3.41. The number of halogens is 3. The quantitative estimate of drug-likeness (QED) is 0.191. The van der Waals surface area contributed by atoms with Crippen LogP contribution in [0.4, 0.5) is 29.3 Å². The molecule has 0 spiro atoms. The summed E-state index contributed by atoms with van der Waals surface area (Å²) in [6.45, 7) is 2.56. The number of hydrogen-bond acceptors (Lipinski definition) is 7. The van der Waals surface area contributed by atoms with Gasteiger partial charge in [-0.3, -0.25) is 29.4 Å². The van der Waals surface area contributed by atoms with Crippen molar-refractivity contribution in [2.45, 2.75) is 13.8 Å². The van der Waals surface area contributed by atoms with Crippen LogP contribution in [0.1, 0.15) is 16.9 Å². The van der Waals surface area contributed by atoms with E-state index < -0.39 is 51.7 Å². The molecule has 1 saturated heterocycles. The highest BCUT2D eigenvalue weighted by Gasteiger charge is 2.36. The summed E-state index contributed by atoms with van der Waals surface area (Å²) >= 11 is 0.534. The van der Waals surface area contributed by atoms with Gasteiger partial charge in [0, 0.05) is 23.3 Å². The molecule has 1 fully saturated rings. The molecule has 0 bridgehead atoms. The van der Waals surface area contributed by atoms with Crippen LogP contribution in [0.2, 0.25) is 0 Å². The van der Waals surface area contributed by atoms with Crippen LogP contribution in [0.15, 0.2) is 45.7 Å². The van der Waals surface area contributed by atoms with E-state index in [1.54, 1.807) is 26.0 Å². The first-order valence-corrected chi connectivity index (χ1v) is 11.3. The number of aryl methyl sites for hydroxylation is 1. The highest BCUT2D eigenvalue weighted by atomic mass is 32.2. The second-order valence-electron chi connectivity index (χ2n) is 7.94. The largest absolute Gasteiger partial charge is 0.457 e. The number of amides is 3. The average molecular weight is 531 g/mol. The summed E-state index contributed by atoms with van der Waals surface area (Å²) in [7, 11) is 0. The van der Waals surface area contributed by atoms with E-state index in [4.69, 9.17) is 4.42 Å². The fourth-order valence-electron chi connectivity index (χ4n) is 3.48. The van der Waals surface area contributed by atoms with Gasteiger partial charge >= 0.3 is 0 Å². The highest BCUT2D eigenvalue weighted by Crippen LogP contribution is 2.35. The zero-order valence-electron chi connectivity index (χ0n) is 19.1. The highest BCUT2D eigenvalue weighted by molar-refractivity contribution is 8.18. The Labute approximate surface area is 211 Å². The van der Waals surface area contributed by atoms with Crippen LogP contribution < -0.4 is 5.32 Å². The second kappa shape index (κ2) is 9.93. The molecule has 0 atom stereocenters. The molecule has 1 aromatic heterocycles. The summed E-state index contributed by atoms with van der Waals surface area (Å²) in [5.41, 5.74) is 0.927. The van der Waals surface area contributed by atoms with Gasteiger partial charge in [0.1, 0.15) is 18.1 Å². The third-order valence-corrected chi connectivity index (χ3v) is 6.41. The van der Waals surface area contributed by atoms with Gasteiger partial charge in [0.25, 0.3) is 16.8 Å². The molecule has 0 saturated carbocycles. The minimum Gasteiger partial charge on any atom is -0.457 e. The van der Waals surface area contributed by atoms with Crippen molar-refractivity contribution in [3.8, 4) is 11.3 Å². The maximum Gasteiger partial charge on any atom is 0.294 e. The maximum atomic E-state index is 13.8. The zero-order valence-corrected chi connectivity index (χ0v) is 20.0. The van der Waals surface area contributed by atoms with Gasteiger partial charge in [0.15, 0.2) is 17.5 Å². The predicted molar refractivity (Wildman–Crippen MR) is 128 cm³/mol. The number of nitrogens with one attached hydrogen (secondary N) is 1. The molecule has 0 aliphatic carbocycles. The lowest BCUT2D eigenvalue weighted by molar-refractivity contribution is -0.385. The lowest BCUT2D eigenvalue weighted by Crippen LogP contribution is -2.36. The van der Waals surface area contributed by atoms with Crippen molar-refractivity contribution in [2.75, 3.05) is 11.9 Å². The fourth-order valence-corrected chi connectivity index (χ4v) is 4.30. The Morgan fingerprint density at radius 2 is 1.86 bits per heavy atom. The van der Waals surface area contributed by atoms with Gasteiger partial charge in [-0.1, -0.05) is 0 Å². The van der Waals surface area contributed by atoms with Gasteiger partial charge in [-0.05, 0) is 61.5 Å². The standard InChI is InChI=1S/C24H16F3N3O6S/c1-11-7-13(8-17(12(11)2)30(34)35)18-6-3-14(36-18)9-19-23(32)29(24(33)37-19)10-20(31)28-16-5-4-15(25)21(26)22(16)27/h3-9H,10H2,1-2H3,(H,28,31)/b19-9+. The summed E-state index contributed by atoms with van der Waals surface area (Å²) in [6.07, 6.45) is 1.27. The molecule has 2 aromatic carbocycles. The summed E-state index contributed by atoms with van der Waals surface area (Å²) in [6, 6.07) is 7.56. The second-order valence-corrected chi connectivity index (χ2v) is 8.93. The van der Waals surface area contributed by atoms with Crippen LogP contribution in [0.25, 0.3) is 17.4 Å². The Hall–Kier alpha value is -4.39. The number of rotatable bonds is 6. The Bertz CT molecular complexity index is 1520. The lowest BCUT2D eigenvalue weighted by atomic mass is 10.0. The first kappa shape index (κ1) is 25.7. The van der Waals surface area contributed by atoms with Gasteiger partial charge in [0.05, 0.1) is 15.5 Å². The van der Waals surface area contributed by atoms with E-state index in [9.17, 15) is 37.7 Å². The molecule has 190 valence electrons. The van der Waals surface area contributed by atoms with Gasteiger partial charge in [-0.15, -0.1) is 0 Å². The van der Waals surface area contributed by atoms with Gasteiger partial charge in [-0.25, -0.2) is 13.2 Å². The number of imide groups is 1. The number of hydrogen-bond donors (Lipinski definition) is 1. The van der Waals surface area contributed by atoms with E-state index >= 15 is 0 Å². The van der Waals surface area contributed by atoms with E-state index in [2.05, 4.69) is 0 Å². The molecule has 3 aromatic rings. The van der Waals surface area contributed by atoms with Crippen LogP contribution in [-0.4, -0.2) is 33.4 Å². The number of nitrogens with zero attached hydrogens (tertiary/aromatic N) is 2. The molecule has 37 heavy (non-hydrogen) atoms. The summed E-state index contributed by atoms with van der Waals surface area (Å²) in [5.74, 6) is -6.20. The molecular weight excluding hydrogens is 515 g/mol. The minimum absolute atomic E-state index is 0.0659. The third-order valence-electron chi connectivity index (χ3n) is 5.51. The molecule has 4 rings (SSSR count). The molecule has 1 aliphatic rings. The van der Waals surface area contributed by atoms with Crippen LogP contribution in [0, 0.1) is 41.4 Å². The molecule has 1 aliphatic heterocycles. The number of thioether (sulfide) groups is 1. The maximum absolute atomic E-state index is 13.8. The number of nitro groups is 1. The van der Waals surface area contributed by atoms with Crippen LogP contribution >= 0.6 is 11.8 Å². The Balaban J connectivity index is 1.50. The molecule has 3 amide bonds. The first-order valence-electron chi connectivity index (χ1n) is 10.5. The Morgan fingerprint density at radius 1 is 1.14 bits per heavy atom. The summed E-state index contributed by atoms with van der Waals surface area (Å²) < 4.78 is 45.9. The van der Waals surface area contributed by atoms with Crippen LogP contribution in [0.5, 0.6) is 0 Å². The minimum atomic E-state index is -1.78. The fraction of sp³-hybridized carbons (Fsp3) is 0.125. The number of furan rings is 1. The predicted octanol–water partition coefficient (Wildman–Crippen LogP) is 5.56. The topological polar surface area (TPSA) is 123 Å². The SMILES string of the molecule is Cc1cc(-c2ccc(/C=C3/SC(=O)N(CC(=O)Nc4ccc(F)c(F)c4F)C3=O)o2)cc([N+](=O)[O-])c1C. The van der Waals surface area contributed by atoms with Crippen molar-refractivity contribution < 1.29 is 36.9 Å². The zero-order chi connectivity index (χ0) is 27.0. The third kappa shape index (κ3) is 5.11. The molecule has 1 N–H and O–H groups in total. The Kier molecular flexibility index (Phi) is 6.90. The number of benzene rings is 2. The normalized spacial score (nSPS) is 14.5.